The van der Waals surface area contributed by atoms with Crippen molar-refractivity contribution in [2.75, 3.05) is 5.73 Å². The lowest BCUT2D eigenvalue weighted by Crippen LogP contribution is -2.10. The summed E-state index contributed by atoms with van der Waals surface area (Å²) in [5.41, 5.74) is 5.75. The molecule has 0 aliphatic heterocycles. The van der Waals surface area contributed by atoms with E-state index in [4.69, 9.17) is 10.5 Å². The predicted molar refractivity (Wildman–Crippen MR) is 78.9 cm³/mol. The van der Waals surface area contributed by atoms with Crippen LogP contribution in [0.2, 0.25) is 0 Å². The van der Waals surface area contributed by atoms with Crippen molar-refractivity contribution in [1.82, 2.24) is 4.98 Å². The highest BCUT2D eigenvalue weighted by Crippen LogP contribution is 2.35. The average molecular weight is 310 g/mol. The van der Waals surface area contributed by atoms with Crippen LogP contribution in [0.15, 0.2) is 36.5 Å². The number of rotatable bonds is 2. The maximum Gasteiger partial charge on any atom is 0.418 e. The van der Waals surface area contributed by atoms with Crippen molar-refractivity contribution in [3.63, 3.8) is 0 Å². The van der Waals surface area contributed by atoms with E-state index in [1.165, 1.54) is 0 Å². The van der Waals surface area contributed by atoms with Crippen LogP contribution in [-0.4, -0.2) is 4.98 Å². The van der Waals surface area contributed by atoms with E-state index in [2.05, 4.69) is 25.8 Å². The molecule has 0 amide bonds. The molecule has 0 aliphatic rings. The summed E-state index contributed by atoms with van der Waals surface area (Å²) >= 11 is 0. The van der Waals surface area contributed by atoms with Crippen LogP contribution in [0.1, 0.15) is 31.9 Å². The summed E-state index contributed by atoms with van der Waals surface area (Å²) in [6, 6.07) is 7.97. The number of pyridine rings is 1. The van der Waals surface area contributed by atoms with Crippen molar-refractivity contribution in [3.05, 3.63) is 47.7 Å². The molecule has 1 aromatic carbocycles. The van der Waals surface area contributed by atoms with Crippen LogP contribution in [0, 0.1) is 0 Å². The second kappa shape index (κ2) is 5.51. The molecule has 118 valence electrons. The molecule has 2 rings (SSSR count). The quantitative estimate of drug-likeness (QED) is 0.869. The molecule has 2 N–H and O–H groups in total. The van der Waals surface area contributed by atoms with Gasteiger partial charge in [0.25, 0.3) is 0 Å². The summed E-state index contributed by atoms with van der Waals surface area (Å²) in [5, 5.41) is 0. The SMILES string of the molecule is CC(C)(C)c1ccc(Oc2cc(C(F)(F)F)cnc2N)cc1. The van der Waals surface area contributed by atoms with Crippen LogP contribution in [0.4, 0.5) is 19.0 Å². The molecule has 6 heteroatoms. The van der Waals surface area contributed by atoms with Crippen LogP contribution < -0.4 is 10.5 Å². The van der Waals surface area contributed by atoms with Gasteiger partial charge in [-0.1, -0.05) is 32.9 Å². The maximum atomic E-state index is 12.7. The fourth-order valence-corrected chi connectivity index (χ4v) is 1.84. The van der Waals surface area contributed by atoms with Crippen molar-refractivity contribution in [3.8, 4) is 11.5 Å². The van der Waals surface area contributed by atoms with Crippen LogP contribution >= 0.6 is 0 Å². The number of hydrogen-bond donors (Lipinski definition) is 1. The molecule has 1 heterocycles. The highest BCUT2D eigenvalue weighted by atomic mass is 19.4. The largest absolute Gasteiger partial charge is 0.453 e. The van der Waals surface area contributed by atoms with Gasteiger partial charge in [-0.15, -0.1) is 0 Å². The van der Waals surface area contributed by atoms with Crippen molar-refractivity contribution >= 4 is 5.82 Å². The van der Waals surface area contributed by atoms with E-state index in [-0.39, 0.29) is 17.0 Å². The minimum absolute atomic E-state index is 0.0185. The molecule has 0 bridgehead atoms. The highest BCUT2D eigenvalue weighted by Gasteiger charge is 2.32. The fourth-order valence-electron chi connectivity index (χ4n) is 1.84. The van der Waals surface area contributed by atoms with Crippen molar-refractivity contribution < 1.29 is 17.9 Å². The summed E-state index contributed by atoms with van der Waals surface area (Å²) < 4.78 is 43.5. The average Bonchev–Trinajstić information content (AvgIpc) is 2.39. The standard InChI is InChI=1S/C16H17F3N2O/c1-15(2,3)10-4-6-12(7-5-10)22-13-8-11(16(17,18)19)9-21-14(13)20/h4-9H,1-3H3,(H2,20,21). The number of nitrogens with zero attached hydrogens (tertiary/aromatic N) is 1. The fraction of sp³-hybridized carbons (Fsp3) is 0.312. The summed E-state index contributed by atoms with van der Waals surface area (Å²) in [4.78, 5) is 3.53. The first kappa shape index (κ1) is 16.1. The number of anilines is 1. The lowest BCUT2D eigenvalue weighted by molar-refractivity contribution is -0.137. The van der Waals surface area contributed by atoms with E-state index < -0.39 is 11.7 Å². The second-order valence-corrected chi connectivity index (χ2v) is 5.98. The Labute approximate surface area is 126 Å². The van der Waals surface area contributed by atoms with E-state index in [1.54, 1.807) is 12.1 Å². The van der Waals surface area contributed by atoms with Gasteiger partial charge in [0.05, 0.1) is 5.56 Å². The first-order valence-electron chi connectivity index (χ1n) is 6.68. The van der Waals surface area contributed by atoms with Gasteiger partial charge in [0, 0.05) is 6.20 Å². The minimum Gasteiger partial charge on any atom is -0.453 e. The van der Waals surface area contributed by atoms with Gasteiger partial charge in [-0.2, -0.15) is 13.2 Å². The van der Waals surface area contributed by atoms with Gasteiger partial charge in [-0.05, 0) is 29.2 Å². The van der Waals surface area contributed by atoms with E-state index in [0.29, 0.717) is 11.9 Å². The Balaban J connectivity index is 2.27. The van der Waals surface area contributed by atoms with Gasteiger partial charge in [-0.25, -0.2) is 4.98 Å². The molecular weight excluding hydrogens is 293 g/mol. The van der Waals surface area contributed by atoms with Crippen LogP contribution in [-0.2, 0) is 11.6 Å². The molecular formula is C16H17F3N2O. The Hall–Kier alpha value is -2.24. The molecule has 0 spiro atoms. The zero-order valence-corrected chi connectivity index (χ0v) is 12.5. The maximum absolute atomic E-state index is 12.7. The van der Waals surface area contributed by atoms with Gasteiger partial charge in [0.1, 0.15) is 5.75 Å². The molecule has 22 heavy (non-hydrogen) atoms. The predicted octanol–water partition coefficient (Wildman–Crippen LogP) is 4.77. The van der Waals surface area contributed by atoms with Gasteiger partial charge in [0.2, 0.25) is 0 Å². The smallest absolute Gasteiger partial charge is 0.418 e. The van der Waals surface area contributed by atoms with Crippen LogP contribution in [0.3, 0.4) is 0 Å². The number of halogens is 3. The molecule has 0 saturated carbocycles. The van der Waals surface area contributed by atoms with E-state index >= 15 is 0 Å². The summed E-state index contributed by atoms with van der Waals surface area (Å²) in [7, 11) is 0. The Morgan fingerprint density at radius 3 is 2.09 bits per heavy atom. The first-order valence-corrected chi connectivity index (χ1v) is 6.68. The first-order chi connectivity index (χ1) is 10.1. The number of alkyl halides is 3. The molecule has 1 aromatic heterocycles. The number of benzene rings is 1. The molecule has 3 nitrogen and oxygen atoms in total. The zero-order chi connectivity index (χ0) is 16.5. The third-order valence-corrected chi connectivity index (χ3v) is 3.16. The van der Waals surface area contributed by atoms with Crippen molar-refractivity contribution in [1.29, 1.82) is 0 Å². The van der Waals surface area contributed by atoms with E-state index in [9.17, 15) is 13.2 Å². The van der Waals surface area contributed by atoms with Gasteiger partial charge >= 0.3 is 6.18 Å². The monoisotopic (exact) mass is 310 g/mol. The lowest BCUT2D eigenvalue weighted by atomic mass is 9.87. The molecule has 0 radical (unpaired) electrons. The molecule has 2 aromatic rings. The van der Waals surface area contributed by atoms with Crippen LogP contribution in [0.5, 0.6) is 11.5 Å². The Morgan fingerprint density at radius 2 is 1.59 bits per heavy atom. The topological polar surface area (TPSA) is 48.1 Å². The molecule has 0 unspecified atom stereocenters. The highest BCUT2D eigenvalue weighted by molar-refractivity contribution is 5.50. The summed E-state index contributed by atoms with van der Waals surface area (Å²) in [5.74, 6) is 0.201. The van der Waals surface area contributed by atoms with E-state index in [1.807, 2.05) is 12.1 Å². The zero-order valence-electron chi connectivity index (χ0n) is 12.5. The van der Waals surface area contributed by atoms with E-state index in [0.717, 1.165) is 11.6 Å². The lowest BCUT2D eigenvalue weighted by Gasteiger charge is -2.19. The molecule has 0 aliphatic carbocycles. The van der Waals surface area contributed by atoms with Crippen molar-refractivity contribution in [2.45, 2.75) is 32.4 Å². The number of hydrogen-bond acceptors (Lipinski definition) is 3. The van der Waals surface area contributed by atoms with Gasteiger partial charge in [-0.3, -0.25) is 0 Å². The van der Waals surface area contributed by atoms with Crippen molar-refractivity contribution in [2.24, 2.45) is 0 Å². The number of nitrogens with two attached hydrogens (primary N) is 1. The Bertz CT molecular complexity index is 659. The number of aromatic nitrogens is 1. The Kier molecular flexibility index (Phi) is 4.04. The summed E-state index contributed by atoms with van der Waals surface area (Å²) in [6.45, 7) is 6.20. The number of nitrogen functional groups attached to an aromatic ring is 1. The second-order valence-electron chi connectivity index (χ2n) is 5.98. The minimum atomic E-state index is -4.49. The third kappa shape index (κ3) is 3.69. The Morgan fingerprint density at radius 1 is 1.00 bits per heavy atom. The molecule has 0 saturated heterocycles. The van der Waals surface area contributed by atoms with Gasteiger partial charge < -0.3 is 10.5 Å². The number of ether oxygens (including phenoxy) is 1. The third-order valence-electron chi connectivity index (χ3n) is 3.16. The van der Waals surface area contributed by atoms with Gasteiger partial charge in [0.15, 0.2) is 11.6 Å². The summed E-state index contributed by atoms with van der Waals surface area (Å²) in [6.07, 6.45) is -3.81. The molecule has 0 fully saturated rings. The molecule has 0 atom stereocenters. The normalized spacial score (nSPS) is 12.3. The van der Waals surface area contributed by atoms with Crippen LogP contribution in [0.25, 0.3) is 0 Å².